The number of halogens is 6. The summed E-state index contributed by atoms with van der Waals surface area (Å²) >= 11 is 0. The number of rotatable bonds is 0. The molecular formula is C7H7BF6N-. The monoisotopic (exact) mass is 230 g/mol. The number of hydrogen-bond donors (Lipinski definition) is 1. The van der Waals surface area contributed by atoms with Gasteiger partial charge in [0, 0.05) is 6.07 Å². The van der Waals surface area contributed by atoms with Gasteiger partial charge in [-0.1, -0.05) is 0 Å². The van der Waals surface area contributed by atoms with Crippen LogP contribution in [0.25, 0.3) is 0 Å². The minimum atomic E-state index is -6.00. The van der Waals surface area contributed by atoms with Gasteiger partial charge >= 0.3 is 7.25 Å². The molecule has 0 spiro atoms. The first-order valence-corrected chi connectivity index (χ1v) is 3.69. The molecule has 0 aliphatic rings. The van der Waals surface area contributed by atoms with E-state index in [9.17, 15) is 26.0 Å². The Labute approximate surface area is 82.0 Å². The van der Waals surface area contributed by atoms with Gasteiger partial charge in [-0.2, -0.15) is 0 Å². The number of benzene rings is 1. The minimum Gasteiger partial charge on any atom is -0.418 e. The quantitative estimate of drug-likeness (QED) is 0.413. The third kappa shape index (κ3) is 6.70. The lowest BCUT2D eigenvalue weighted by atomic mass is 10.2. The molecule has 0 radical (unpaired) electrons. The highest BCUT2D eigenvalue weighted by molar-refractivity contribution is 6.50. The summed E-state index contributed by atoms with van der Waals surface area (Å²) in [4.78, 5) is 0. The molecule has 8 heteroatoms. The van der Waals surface area contributed by atoms with Crippen LogP contribution in [0.5, 0.6) is 0 Å². The van der Waals surface area contributed by atoms with Crippen LogP contribution in [-0.4, -0.2) is 7.25 Å². The van der Waals surface area contributed by atoms with E-state index >= 15 is 0 Å². The predicted molar refractivity (Wildman–Crippen MR) is 45.7 cm³/mol. The van der Waals surface area contributed by atoms with E-state index in [-0.39, 0.29) is 5.69 Å². The lowest BCUT2D eigenvalue weighted by Crippen LogP contribution is -2.02. The third-order valence-electron chi connectivity index (χ3n) is 1.28. The molecule has 0 aliphatic carbocycles. The Hall–Kier alpha value is -1.34. The molecule has 1 nitrogen and oxygen atoms in total. The van der Waals surface area contributed by atoms with Gasteiger partial charge in [-0.3, -0.25) is 0 Å². The summed E-state index contributed by atoms with van der Waals surface area (Å²) in [6, 6.07) is 2.05. The molecule has 0 aromatic heterocycles. The zero-order valence-corrected chi connectivity index (χ0v) is 7.58. The molecule has 1 rings (SSSR count). The van der Waals surface area contributed by atoms with Gasteiger partial charge in [0.25, 0.3) is 0 Å². The third-order valence-corrected chi connectivity index (χ3v) is 1.28. The van der Waals surface area contributed by atoms with E-state index in [0.29, 0.717) is 5.56 Å². The Bertz CT molecular complexity index is 281. The van der Waals surface area contributed by atoms with Crippen molar-refractivity contribution in [3.8, 4) is 0 Å². The fraction of sp³-hybridized carbons (Fsp3) is 0.143. The minimum absolute atomic E-state index is 0.0149. The zero-order chi connectivity index (χ0) is 12.2. The highest BCUT2D eigenvalue weighted by Crippen LogP contribution is 2.14. The second kappa shape index (κ2) is 4.95. The van der Waals surface area contributed by atoms with E-state index in [2.05, 4.69) is 0 Å². The van der Waals surface area contributed by atoms with Gasteiger partial charge in [-0.05, 0) is 18.6 Å². The summed E-state index contributed by atoms with van der Waals surface area (Å²) in [6.07, 6.45) is 0. The first-order valence-electron chi connectivity index (χ1n) is 3.69. The molecule has 0 bridgehead atoms. The van der Waals surface area contributed by atoms with E-state index in [1.165, 1.54) is 13.0 Å². The summed E-state index contributed by atoms with van der Waals surface area (Å²) in [6.45, 7) is 1.53. The largest absolute Gasteiger partial charge is 0.673 e. The molecule has 0 saturated heterocycles. The maximum atomic E-state index is 12.5. The van der Waals surface area contributed by atoms with Crippen LogP contribution in [0.1, 0.15) is 5.56 Å². The molecule has 0 aliphatic heterocycles. The number of hydrogen-bond acceptors (Lipinski definition) is 1. The van der Waals surface area contributed by atoms with Crippen LogP contribution in [0.15, 0.2) is 12.1 Å². The van der Waals surface area contributed by atoms with Crippen molar-refractivity contribution < 1.29 is 26.0 Å². The Morgan fingerprint density at radius 3 is 1.73 bits per heavy atom. The van der Waals surface area contributed by atoms with Crippen molar-refractivity contribution >= 4 is 12.9 Å². The van der Waals surface area contributed by atoms with Gasteiger partial charge in [-0.15, -0.1) is 0 Å². The molecule has 0 atom stereocenters. The Kier molecular flexibility index (Phi) is 4.51. The van der Waals surface area contributed by atoms with Crippen LogP contribution < -0.4 is 5.73 Å². The smallest absolute Gasteiger partial charge is 0.418 e. The van der Waals surface area contributed by atoms with Crippen LogP contribution in [0, 0.1) is 18.6 Å². The van der Waals surface area contributed by atoms with Crippen molar-refractivity contribution in [2.24, 2.45) is 0 Å². The van der Waals surface area contributed by atoms with Gasteiger partial charge in [0.15, 0.2) is 0 Å². The molecule has 1 aromatic carbocycles. The molecule has 1 aromatic rings. The lowest BCUT2D eigenvalue weighted by molar-refractivity contribution is 0.368. The van der Waals surface area contributed by atoms with Crippen molar-refractivity contribution in [2.75, 3.05) is 5.73 Å². The highest BCUT2D eigenvalue weighted by Gasteiger charge is 2.20. The predicted octanol–water partition coefficient (Wildman–Crippen LogP) is 3.16. The number of nitrogens with two attached hydrogens (primary N) is 1. The van der Waals surface area contributed by atoms with Gasteiger partial charge in [0.2, 0.25) is 0 Å². The van der Waals surface area contributed by atoms with E-state index < -0.39 is 18.9 Å². The van der Waals surface area contributed by atoms with Crippen molar-refractivity contribution in [3.05, 3.63) is 29.3 Å². The molecule has 15 heavy (non-hydrogen) atoms. The molecule has 0 unspecified atom stereocenters. The highest BCUT2D eigenvalue weighted by atomic mass is 19.5. The van der Waals surface area contributed by atoms with Crippen LogP contribution in [0.3, 0.4) is 0 Å². The fourth-order valence-corrected chi connectivity index (χ4v) is 0.680. The fourth-order valence-electron chi connectivity index (χ4n) is 0.680. The van der Waals surface area contributed by atoms with Crippen molar-refractivity contribution in [2.45, 2.75) is 6.92 Å². The molecular weight excluding hydrogens is 223 g/mol. The van der Waals surface area contributed by atoms with Crippen LogP contribution in [0.2, 0.25) is 0 Å². The molecule has 0 amide bonds. The van der Waals surface area contributed by atoms with E-state index in [1.54, 1.807) is 0 Å². The van der Waals surface area contributed by atoms with Crippen molar-refractivity contribution in [1.82, 2.24) is 0 Å². The first-order chi connectivity index (χ1) is 6.61. The average molecular weight is 230 g/mol. The molecule has 0 fully saturated rings. The Morgan fingerprint density at radius 2 is 1.40 bits per heavy atom. The Morgan fingerprint density at radius 1 is 1.00 bits per heavy atom. The number of aryl methyl sites for hydroxylation is 1. The van der Waals surface area contributed by atoms with E-state index in [0.717, 1.165) is 6.07 Å². The summed E-state index contributed by atoms with van der Waals surface area (Å²) in [5, 5.41) is 0. The van der Waals surface area contributed by atoms with Gasteiger partial charge in [0.05, 0.1) is 5.69 Å². The average Bonchev–Trinajstić information content (AvgIpc) is 1.98. The van der Waals surface area contributed by atoms with Crippen LogP contribution in [0.4, 0.5) is 31.7 Å². The Balaban J connectivity index is 0.000000336. The topological polar surface area (TPSA) is 26.0 Å². The molecule has 86 valence electrons. The van der Waals surface area contributed by atoms with Crippen LogP contribution >= 0.6 is 0 Å². The second-order valence-corrected chi connectivity index (χ2v) is 2.62. The molecule has 0 heterocycles. The summed E-state index contributed by atoms with van der Waals surface area (Å²) in [5.74, 6) is -1.27. The lowest BCUT2D eigenvalue weighted by Gasteiger charge is -1.98. The zero-order valence-electron chi connectivity index (χ0n) is 7.58. The summed E-state index contributed by atoms with van der Waals surface area (Å²) < 4.78 is 63.9. The summed E-state index contributed by atoms with van der Waals surface area (Å²) in [5.41, 5.74) is 5.49. The van der Waals surface area contributed by atoms with Crippen molar-refractivity contribution in [1.29, 1.82) is 0 Å². The van der Waals surface area contributed by atoms with Crippen LogP contribution in [-0.2, 0) is 0 Å². The second-order valence-electron chi connectivity index (χ2n) is 2.62. The summed E-state index contributed by atoms with van der Waals surface area (Å²) in [7, 11) is -6.00. The number of nitrogen functional groups attached to an aromatic ring is 1. The van der Waals surface area contributed by atoms with E-state index in [1.807, 2.05) is 0 Å². The van der Waals surface area contributed by atoms with E-state index in [4.69, 9.17) is 5.73 Å². The van der Waals surface area contributed by atoms with Gasteiger partial charge < -0.3 is 23.0 Å². The first kappa shape index (κ1) is 13.7. The maximum absolute atomic E-state index is 12.5. The maximum Gasteiger partial charge on any atom is 0.673 e. The SMILES string of the molecule is Cc1cc(N)c(F)cc1F.F[B-](F)(F)F. The molecule has 2 N–H and O–H groups in total. The normalized spacial score (nSPS) is 10.6. The van der Waals surface area contributed by atoms with Gasteiger partial charge in [-0.25, -0.2) is 8.78 Å². The van der Waals surface area contributed by atoms with Crippen molar-refractivity contribution in [3.63, 3.8) is 0 Å². The standard InChI is InChI=1S/C7H7F2N.BF4/c1-4-2-7(10)6(9)3-5(4)8;2-1(3,4)5/h2-3H,10H2,1H3;/q;-1. The van der Waals surface area contributed by atoms with Gasteiger partial charge in [0.1, 0.15) is 11.6 Å². The number of anilines is 1. The molecule has 0 saturated carbocycles.